The second kappa shape index (κ2) is 11.6. The fourth-order valence-corrected chi connectivity index (χ4v) is 4.41. The number of hydrogen-bond acceptors (Lipinski definition) is 5. The van der Waals surface area contributed by atoms with Gasteiger partial charge in [0.1, 0.15) is 11.5 Å². The van der Waals surface area contributed by atoms with Crippen LogP contribution in [0.25, 0.3) is 6.08 Å². The van der Waals surface area contributed by atoms with Gasteiger partial charge in [0.2, 0.25) is 15.9 Å². The summed E-state index contributed by atoms with van der Waals surface area (Å²) in [7, 11) is -3.74. The number of sulfonamides is 1. The zero-order valence-electron chi connectivity index (χ0n) is 18.0. The summed E-state index contributed by atoms with van der Waals surface area (Å²) < 4.78 is 62.0. The van der Waals surface area contributed by atoms with Crippen molar-refractivity contribution in [1.29, 1.82) is 0 Å². The molecule has 2 rings (SSSR count). The standard InChI is InChI=1S/C22H26F2N2O5S/c1-4-26(5-2)32(28,29)17-12-13-20(30-6-3)18(15-17)25-21(27)14-11-16-9-7-8-10-19(16)31-22(23)24/h7-15,22H,4-6H2,1-3H3,(H,25,27)/b14-11+. The Morgan fingerprint density at radius 3 is 2.41 bits per heavy atom. The molecule has 2 aromatic carbocycles. The van der Waals surface area contributed by atoms with Gasteiger partial charge in [-0.3, -0.25) is 4.79 Å². The number of ether oxygens (including phenoxy) is 2. The highest BCUT2D eigenvalue weighted by molar-refractivity contribution is 7.89. The number of rotatable bonds is 11. The van der Waals surface area contributed by atoms with E-state index >= 15 is 0 Å². The number of benzene rings is 2. The van der Waals surface area contributed by atoms with Crippen molar-refractivity contribution in [3.63, 3.8) is 0 Å². The van der Waals surface area contributed by atoms with Gasteiger partial charge in [-0.1, -0.05) is 32.0 Å². The van der Waals surface area contributed by atoms with E-state index in [4.69, 9.17) is 4.74 Å². The SMILES string of the molecule is CCOc1ccc(S(=O)(=O)N(CC)CC)cc1NC(=O)/C=C/c1ccccc1OC(F)F. The van der Waals surface area contributed by atoms with E-state index in [9.17, 15) is 22.0 Å². The first-order chi connectivity index (χ1) is 15.2. The summed E-state index contributed by atoms with van der Waals surface area (Å²) in [6, 6.07) is 10.3. The topological polar surface area (TPSA) is 84.9 Å². The first-order valence-electron chi connectivity index (χ1n) is 10.0. The molecule has 0 aromatic heterocycles. The van der Waals surface area contributed by atoms with Crippen molar-refractivity contribution in [3.8, 4) is 11.5 Å². The summed E-state index contributed by atoms with van der Waals surface area (Å²) in [5.74, 6) is -0.377. The summed E-state index contributed by atoms with van der Waals surface area (Å²) in [4.78, 5) is 12.5. The molecule has 0 fully saturated rings. The Morgan fingerprint density at radius 2 is 1.78 bits per heavy atom. The normalized spacial score (nSPS) is 11.8. The lowest BCUT2D eigenvalue weighted by Crippen LogP contribution is -2.30. The van der Waals surface area contributed by atoms with Crippen LogP contribution in [0.5, 0.6) is 11.5 Å². The third-order valence-corrected chi connectivity index (χ3v) is 6.45. The van der Waals surface area contributed by atoms with Gasteiger partial charge >= 0.3 is 6.61 Å². The Balaban J connectivity index is 2.31. The van der Waals surface area contributed by atoms with Crippen LogP contribution in [0.3, 0.4) is 0 Å². The van der Waals surface area contributed by atoms with E-state index in [0.717, 1.165) is 6.08 Å². The highest BCUT2D eigenvalue weighted by atomic mass is 32.2. The molecule has 0 saturated carbocycles. The molecule has 0 spiro atoms. The number of halogens is 2. The predicted molar refractivity (Wildman–Crippen MR) is 118 cm³/mol. The molecule has 2 aromatic rings. The number of carbonyl (C=O) groups excluding carboxylic acids is 1. The number of carbonyl (C=O) groups is 1. The summed E-state index contributed by atoms with van der Waals surface area (Å²) in [6.07, 6.45) is 2.46. The zero-order chi connectivity index (χ0) is 23.7. The van der Waals surface area contributed by atoms with Gasteiger partial charge in [0, 0.05) is 24.7 Å². The van der Waals surface area contributed by atoms with Crippen LogP contribution < -0.4 is 14.8 Å². The number of alkyl halides is 2. The van der Waals surface area contributed by atoms with Gasteiger partial charge in [-0.25, -0.2) is 8.42 Å². The van der Waals surface area contributed by atoms with Crippen LogP contribution >= 0.6 is 0 Å². The molecule has 0 saturated heterocycles. The Labute approximate surface area is 186 Å². The number of para-hydroxylation sites is 1. The number of anilines is 1. The molecular formula is C22H26F2N2O5S. The lowest BCUT2D eigenvalue weighted by atomic mass is 10.2. The van der Waals surface area contributed by atoms with Gasteiger partial charge in [0.15, 0.2) is 0 Å². The van der Waals surface area contributed by atoms with Gasteiger partial charge in [-0.05, 0) is 37.3 Å². The van der Waals surface area contributed by atoms with Gasteiger partial charge in [-0.2, -0.15) is 13.1 Å². The van der Waals surface area contributed by atoms with Crippen molar-refractivity contribution in [2.75, 3.05) is 25.0 Å². The third-order valence-electron chi connectivity index (χ3n) is 4.40. The molecule has 1 N–H and O–H groups in total. The predicted octanol–water partition coefficient (Wildman–Crippen LogP) is 4.37. The van der Waals surface area contributed by atoms with E-state index < -0.39 is 22.5 Å². The zero-order valence-corrected chi connectivity index (χ0v) is 18.9. The molecule has 0 unspecified atom stereocenters. The fraction of sp³-hybridized carbons (Fsp3) is 0.318. The van der Waals surface area contributed by atoms with Crippen LogP contribution in [-0.2, 0) is 14.8 Å². The minimum atomic E-state index is -3.74. The maximum Gasteiger partial charge on any atom is 0.387 e. The van der Waals surface area contributed by atoms with Crippen LogP contribution in [0.1, 0.15) is 26.3 Å². The van der Waals surface area contributed by atoms with Crippen molar-refractivity contribution in [1.82, 2.24) is 4.31 Å². The summed E-state index contributed by atoms with van der Waals surface area (Å²) in [5.41, 5.74) is 0.456. The van der Waals surface area contributed by atoms with Gasteiger partial charge in [0.05, 0.1) is 17.2 Å². The highest BCUT2D eigenvalue weighted by Gasteiger charge is 2.23. The van der Waals surface area contributed by atoms with Crippen molar-refractivity contribution in [2.24, 2.45) is 0 Å². The molecule has 0 bridgehead atoms. The van der Waals surface area contributed by atoms with E-state index in [1.165, 1.54) is 46.8 Å². The smallest absolute Gasteiger partial charge is 0.387 e. The Hall–Kier alpha value is -2.98. The summed E-state index contributed by atoms with van der Waals surface area (Å²) in [5, 5.41) is 2.59. The first-order valence-corrected chi connectivity index (χ1v) is 11.5. The van der Waals surface area contributed by atoms with Crippen LogP contribution in [0.2, 0.25) is 0 Å². The number of amides is 1. The average Bonchev–Trinajstić information content (AvgIpc) is 2.74. The first kappa shape index (κ1) is 25.3. The molecule has 0 aliphatic carbocycles. The second-order valence-corrected chi connectivity index (χ2v) is 8.36. The van der Waals surface area contributed by atoms with E-state index in [-0.39, 0.29) is 21.9 Å². The molecule has 0 aliphatic rings. The van der Waals surface area contributed by atoms with Crippen LogP contribution in [0.4, 0.5) is 14.5 Å². The van der Waals surface area contributed by atoms with Gasteiger partial charge in [0.25, 0.3) is 0 Å². The van der Waals surface area contributed by atoms with E-state index in [1.54, 1.807) is 26.8 Å². The molecule has 0 heterocycles. The monoisotopic (exact) mass is 468 g/mol. The molecule has 10 heteroatoms. The quantitative estimate of drug-likeness (QED) is 0.495. The lowest BCUT2D eigenvalue weighted by Gasteiger charge is -2.19. The molecule has 0 radical (unpaired) electrons. The van der Waals surface area contributed by atoms with Crippen LogP contribution in [0, 0.1) is 0 Å². The van der Waals surface area contributed by atoms with Gasteiger partial charge < -0.3 is 14.8 Å². The highest BCUT2D eigenvalue weighted by Crippen LogP contribution is 2.29. The average molecular weight is 469 g/mol. The minimum Gasteiger partial charge on any atom is -0.492 e. The number of hydrogen-bond donors (Lipinski definition) is 1. The van der Waals surface area contributed by atoms with Crippen LogP contribution in [-0.4, -0.2) is 44.9 Å². The maximum absolute atomic E-state index is 12.8. The molecule has 32 heavy (non-hydrogen) atoms. The lowest BCUT2D eigenvalue weighted by molar-refractivity contribution is -0.111. The Kier molecular flexibility index (Phi) is 9.15. The Bertz CT molecular complexity index is 1050. The minimum absolute atomic E-state index is 0.0135. The number of nitrogens with zero attached hydrogens (tertiary/aromatic N) is 1. The summed E-state index contributed by atoms with van der Waals surface area (Å²) >= 11 is 0. The molecule has 174 valence electrons. The largest absolute Gasteiger partial charge is 0.492 e. The number of nitrogens with one attached hydrogen (secondary N) is 1. The van der Waals surface area contributed by atoms with Crippen molar-refractivity contribution < 1.29 is 31.5 Å². The molecular weight excluding hydrogens is 442 g/mol. The Morgan fingerprint density at radius 1 is 1.09 bits per heavy atom. The van der Waals surface area contributed by atoms with E-state index in [2.05, 4.69) is 10.1 Å². The van der Waals surface area contributed by atoms with E-state index in [1.807, 2.05) is 0 Å². The molecule has 0 aliphatic heterocycles. The third kappa shape index (κ3) is 6.51. The van der Waals surface area contributed by atoms with Crippen molar-refractivity contribution in [2.45, 2.75) is 32.3 Å². The molecule has 1 amide bonds. The summed E-state index contributed by atoms with van der Waals surface area (Å²) in [6.45, 7) is 3.14. The molecule has 0 atom stereocenters. The van der Waals surface area contributed by atoms with Gasteiger partial charge in [-0.15, -0.1) is 0 Å². The second-order valence-electron chi connectivity index (χ2n) is 6.42. The van der Waals surface area contributed by atoms with Crippen molar-refractivity contribution >= 4 is 27.7 Å². The van der Waals surface area contributed by atoms with Crippen LogP contribution in [0.15, 0.2) is 53.4 Å². The van der Waals surface area contributed by atoms with Crippen molar-refractivity contribution in [3.05, 3.63) is 54.1 Å². The maximum atomic E-state index is 12.8. The molecule has 7 nitrogen and oxygen atoms in total. The fourth-order valence-electron chi connectivity index (χ4n) is 2.92. The van der Waals surface area contributed by atoms with E-state index in [0.29, 0.717) is 25.4 Å².